The Labute approximate surface area is 192 Å². The molecule has 2 aromatic rings. The quantitative estimate of drug-likeness (QED) is 0.385. The standard InChI is InChI=1S/C20H23Cl3N2O4S/c1-14-6-3-4-7-19(14)29-11-9-24-20(26)8-5-10-25(30(2,27)28)18-13-16(22)15(21)12-17(18)23/h3-4,6-7,12-13H,5,8-11H2,1-2H3,(H,24,26). The highest BCUT2D eigenvalue weighted by atomic mass is 35.5. The van der Waals surface area contributed by atoms with Crippen molar-refractivity contribution in [2.45, 2.75) is 19.8 Å². The zero-order valence-electron chi connectivity index (χ0n) is 16.6. The number of aryl methyl sites for hydroxylation is 1. The topological polar surface area (TPSA) is 75.7 Å². The van der Waals surface area contributed by atoms with Crippen molar-refractivity contribution < 1.29 is 17.9 Å². The number of carbonyl (C=O) groups is 1. The Kier molecular flexibility index (Phi) is 9.09. The van der Waals surface area contributed by atoms with Crippen LogP contribution in [0.25, 0.3) is 0 Å². The van der Waals surface area contributed by atoms with E-state index < -0.39 is 10.0 Å². The molecule has 0 bridgehead atoms. The number of ether oxygens (including phenoxy) is 1. The molecule has 0 aliphatic rings. The monoisotopic (exact) mass is 492 g/mol. The van der Waals surface area contributed by atoms with Gasteiger partial charge in [0.1, 0.15) is 12.4 Å². The normalized spacial score (nSPS) is 11.2. The molecular formula is C20H23Cl3N2O4S. The number of para-hydroxylation sites is 1. The van der Waals surface area contributed by atoms with Crippen molar-refractivity contribution in [2.75, 3.05) is 30.3 Å². The Morgan fingerprint density at radius 2 is 1.77 bits per heavy atom. The Balaban J connectivity index is 1.84. The molecule has 0 atom stereocenters. The molecule has 2 rings (SSSR count). The maximum absolute atomic E-state index is 12.2. The minimum atomic E-state index is -3.63. The fourth-order valence-corrected chi connectivity index (χ4v) is 4.37. The lowest BCUT2D eigenvalue weighted by molar-refractivity contribution is -0.121. The summed E-state index contributed by atoms with van der Waals surface area (Å²) in [6, 6.07) is 10.4. The Bertz CT molecular complexity index is 1000. The largest absolute Gasteiger partial charge is 0.491 e. The van der Waals surface area contributed by atoms with Gasteiger partial charge in [0.2, 0.25) is 15.9 Å². The van der Waals surface area contributed by atoms with Crippen LogP contribution in [-0.4, -0.2) is 40.3 Å². The van der Waals surface area contributed by atoms with Crippen LogP contribution in [0.3, 0.4) is 0 Å². The van der Waals surface area contributed by atoms with E-state index in [-0.39, 0.29) is 39.6 Å². The molecule has 1 amide bonds. The smallest absolute Gasteiger partial charge is 0.232 e. The Morgan fingerprint density at radius 3 is 2.43 bits per heavy atom. The van der Waals surface area contributed by atoms with Crippen molar-refractivity contribution in [2.24, 2.45) is 0 Å². The van der Waals surface area contributed by atoms with E-state index in [4.69, 9.17) is 39.5 Å². The van der Waals surface area contributed by atoms with Crippen molar-refractivity contribution in [1.29, 1.82) is 0 Å². The number of nitrogens with zero attached hydrogens (tertiary/aromatic N) is 1. The number of rotatable bonds is 10. The SMILES string of the molecule is Cc1ccccc1OCCNC(=O)CCCN(c1cc(Cl)c(Cl)cc1Cl)S(C)(=O)=O. The highest BCUT2D eigenvalue weighted by Crippen LogP contribution is 2.35. The molecule has 10 heteroatoms. The zero-order valence-corrected chi connectivity index (χ0v) is 19.7. The van der Waals surface area contributed by atoms with Crippen LogP contribution in [0.15, 0.2) is 36.4 Å². The summed E-state index contributed by atoms with van der Waals surface area (Å²) in [5, 5.41) is 3.33. The highest BCUT2D eigenvalue weighted by molar-refractivity contribution is 7.92. The van der Waals surface area contributed by atoms with Gasteiger partial charge in [0.05, 0.1) is 33.6 Å². The van der Waals surface area contributed by atoms with E-state index in [9.17, 15) is 13.2 Å². The van der Waals surface area contributed by atoms with Gasteiger partial charge in [-0.3, -0.25) is 9.10 Å². The Morgan fingerprint density at radius 1 is 1.10 bits per heavy atom. The van der Waals surface area contributed by atoms with E-state index in [1.165, 1.54) is 12.1 Å². The number of benzene rings is 2. The summed E-state index contributed by atoms with van der Waals surface area (Å²) in [5.74, 6) is 0.575. The van der Waals surface area contributed by atoms with Crippen LogP contribution < -0.4 is 14.4 Å². The number of sulfonamides is 1. The first kappa shape index (κ1) is 24.6. The maximum Gasteiger partial charge on any atom is 0.232 e. The van der Waals surface area contributed by atoms with Crippen LogP contribution in [0.1, 0.15) is 18.4 Å². The second kappa shape index (κ2) is 11.1. The van der Waals surface area contributed by atoms with Crippen LogP contribution in [0.4, 0.5) is 5.69 Å². The van der Waals surface area contributed by atoms with Crippen LogP contribution in [0.5, 0.6) is 5.75 Å². The molecule has 0 unspecified atom stereocenters. The molecule has 0 spiro atoms. The lowest BCUT2D eigenvalue weighted by atomic mass is 10.2. The summed E-state index contributed by atoms with van der Waals surface area (Å²) in [4.78, 5) is 12.1. The lowest BCUT2D eigenvalue weighted by Crippen LogP contribution is -2.33. The van der Waals surface area contributed by atoms with Gasteiger partial charge in [-0.05, 0) is 37.1 Å². The summed E-state index contributed by atoms with van der Waals surface area (Å²) in [6.45, 7) is 2.71. The summed E-state index contributed by atoms with van der Waals surface area (Å²) < 4.78 is 31.1. The first-order valence-electron chi connectivity index (χ1n) is 9.17. The summed E-state index contributed by atoms with van der Waals surface area (Å²) in [6.07, 6.45) is 1.51. The summed E-state index contributed by atoms with van der Waals surface area (Å²) >= 11 is 18.1. The minimum Gasteiger partial charge on any atom is -0.491 e. The number of anilines is 1. The number of hydrogen-bond donors (Lipinski definition) is 1. The van der Waals surface area contributed by atoms with Gasteiger partial charge in [-0.25, -0.2) is 8.42 Å². The average molecular weight is 494 g/mol. The summed E-state index contributed by atoms with van der Waals surface area (Å²) in [5.41, 5.74) is 1.24. The molecule has 164 valence electrons. The van der Waals surface area contributed by atoms with Gasteiger partial charge in [-0.15, -0.1) is 0 Å². The minimum absolute atomic E-state index is 0.0731. The first-order valence-corrected chi connectivity index (χ1v) is 12.1. The van der Waals surface area contributed by atoms with Gasteiger partial charge < -0.3 is 10.1 Å². The van der Waals surface area contributed by atoms with Crippen molar-refractivity contribution in [3.63, 3.8) is 0 Å². The third-order valence-electron chi connectivity index (χ3n) is 4.20. The molecule has 0 radical (unpaired) electrons. The predicted molar refractivity (Wildman–Crippen MR) is 123 cm³/mol. The molecule has 6 nitrogen and oxygen atoms in total. The molecule has 0 saturated heterocycles. The average Bonchev–Trinajstić information content (AvgIpc) is 2.66. The zero-order chi connectivity index (χ0) is 22.3. The Hall–Kier alpha value is -1.67. The molecule has 1 N–H and O–H groups in total. The third kappa shape index (κ3) is 7.23. The van der Waals surface area contributed by atoms with Gasteiger partial charge >= 0.3 is 0 Å². The second-order valence-electron chi connectivity index (χ2n) is 6.62. The van der Waals surface area contributed by atoms with Crippen molar-refractivity contribution in [1.82, 2.24) is 5.32 Å². The van der Waals surface area contributed by atoms with Gasteiger partial charge in [0.15, 0.2) is 0 Å². The van der Waals surface area contributed by atoms with Gasteiger partial charge in [-0.2, -0.15) is 0 Å². The van der Waals surface area contributed by atoms with E-state index in [1.807, 2.05) is 31.2 Å². The van der Waals surface area contributed by atoms with Crippen LogP contribution in [0, 0.1) is 6.92 Å². The predicted octanol–water partition coefficient (Wildman–Crippen LogP) is 4.70. The fourth-order valence-electron chi connectivity index (χ4n) is 2.71. The van der Waals surface area contributed by atoms with E-state index in [2.05, 4.69) is 5.32 Å². The molecule has 0 fully saturated rings. The van der Waals surface area contributed by atoms with Gasteiger partial charge in [0.25, 0.3) is 0 Å². The third-order valence-corrected chi connectivity index (χ3v) is 6.40. The fraction of sp³-hybridized carbons (Fsp3) is 0.350. The van der Waals surface area contributed by atoms with Crippen molar-refractivity contribution in [3.05, 3.63) is 57.0 Å². The number of hydrogen-bond acceptors (Lipinski definition) is 4. The number of carbonyl (C=O) groups excluding carboxylic acids is 1. The molecule has 0 aromatic heterocycles. The number of halogens is 3. The van der Waals surface area contributed by atoms with E-state index in [1.54, 1.807) is 0 Å². The van der Waals surface area contributed by atoms with Gasteiger partial charge in [-0.1, -0.05) is 53.0 Å². The number of amides is 1. The van der Waals surface area contributed by atoms with E-state index >= 15 is 0 Å². The highest BCUT2D eigenvalue weighted by Gasteiger charge is 2.21. The first-order chi connectivity index (χ1) is 14.1. The van der Waals surface area contributed by atoms with Crippen LogP contribution in [-0.2, 0) is 14.8 Å². The number of nitrogens with one attached hydrogen (secondary N) is 1. The molecule has 0 saturated carbocycles. The second-order valence-corrected chi connectivity index (χ2v) is 9.75. The van der Waals surface area contributed by atoms with E-state index in [0.29, 0.717) is 19.6 Å². The molecule has 0 aliphatic carbocycles. The molecule has 30 heavy (non-hydrogen) atoms. The van der Waals surface area contributed by atoms with Gasteiger partial charge in [0, 0.05) is 13.0 Å². The van der Waals surface area contributed by atoms with Crippen LogP contribution >= 0.6 is 34.8 Å². The molecule has 0 aliphatic heterocycles. The summed E-state index contributed by atoms with van der Waals surface area (Å²) in [7, 11) is -3.63. The van der Waals surface area contributed by atoms with Crippen molar-refractivity contribution >= 4 is 56.4 Å². The molecular weight excluding hydrogens is 471 g/mol. The van der Waals surface area contributed by atoms with Crippen molar-refractivity contribution in [3.8, 4) is 5.75 Å². The lowest BCUT2D eigenvalue weighted by Gasteiger charge is -2.24. The van der Waals surface area contributed by atoms with E-state index in [0.717, 1.165) is 21.9 Å². The van der Waals surface area contributed by atoms with Crippen LogP contribution in [0.2, 0.25) is 15.1 Å². The molecule has 2 aromatic carbocycles. The molecule has 0 heterocycles. The maximum atomic E-state index is 12.2.